The van der Waals surface area contributed by atoms with E-state index < -0.39 is 11.9 Å². The third-order valence-corrected chi connectivity index (χ3v) is 5.21. The first-order chi connectivity index (χ1) is 12.5. The number of fused-ring (bicyclic) bond motifs is 1. The number of thiophene rings is 1. The Morgan fingerprint density at radius 2 is 2.15 bits per heavy atom. The number of amides is 2. The van der Waals surface area contributed by atoms with Gasteiger partial charge in [-0.2, -0.15) is 0 Å². The van der Waals surface area contributed by atoms with Crippen LogP contribution in [0.3, 0.4) is 0 Å². The normalized spacial score (nSPS) is 15.9. The van der Waals surface area contributed by atoms with Gasteiger partial charge in [-0.05, 0) is 18.9 Å². The molecule has 9 heteroatoms. The molecule has 0 unspecified atom stereocenters. The van der Waals surface area contributed by atoms with Crippen LogP contribution in [0.15, 0.2) is 12.0 Å². The van der Waals surface area contributed by atoms with E-state index in [9.17, 15) is 14.4 Å². The quantitative estimate of drug-likeness (QED) is 0.799. The lowest BCUT2D eigenvalue weighted by Gasteiger charge is -2.25. The second kappa shape index (κ2) is 7.77. The first-order valence-corrected chi connectivity index (χ1v) is 9.16. The van der Waals surface area contributed by atoms with E-state index in [0.717, 1.165) is 10.4 Å². The molecular weight excluding hydrogens is 360 g/mol. The number of ether oxygens (including phenoxy) is 3. The number of esters is 1. The van der Waals surface area contributed by atoms with Crippen LogP contribution in [0, 0.1) is 0 Å². The summed E-state index contributed by atoms with van der Waals surface area (Å²) >= 11 is 1.28. The lowest BCUT2D eigenvalue weighted by atomic mass is 10.0. The zero-order valence-electron chi connectivity index (χ0n) is 14.6. The van der Waals surface area contributed by atoms with Crippen LogP contribution in [0.5, 0.6) is 0 Å². The van der Waals surface area contributed by atoms with Crippen molar-refractivity contribution >= 4 is 34.1 Å². The van der Waals surface area contributed by atoms with Crippen LogP contribution in [0.2, 0.25) is 0 Å². The van der Waals surface area contributed by atoms with Crippen LogP contribution in [0.4, 0.5) is 5.00 Å². The molecule has 8 nitrogen and oxygen atoms in total. The molecule has 0 spiro atoms. The van der Waals surface area contributed by atoms with E-state index >= 15 is 0 Å². The van der Waals surface area contributed by atoms with Crippen LogP contribution < -0.4 is 5.32 Å². The predicted octanol–water partition coefficient (Wildman–Crippen LogP) is 1.66. The maximum absolute atomic E-state index is 12.5. The van der Waals surface area contributed by atoms with Crippen LogP contribution in [0.1, 0.15) is 34.6 Å². The third kappa shape index (κ3) is 3.67. The highest BCUT2D eigenvalue weighted by Crippen LogP contribution is 2.38. The fourth-order valence-electron chi connectivity index (χ4n) is 2.83. The Balaban J connectivity index is 1.90. The van der Waals surface area contributed by atoms with Gasteiger partial charge in [0.2, 0.25) is 11.7 Å². The molecule has 2 aliphatic heterocycles. The average Bonchev–Trinajstić information content (AvgIpc) is 2.99. The van der Waals surface area contributed by atoms with Crippen molar-refractivity contribution in [1.82, 2.24) is 4.90 Å². The lowest BCUT2D eigenvalue weighted by Crippen LogP contribution is -2.34. The van der Waals surface area contributed by atoms with Crippen molar-refractivity contribution in [2.24, 2.45) is 0 Å². The molecule has 3 heterocycles. The van der Waals surface area contributed by atoms with E-state index in [4.69, 9.17) is 14.2 Å². The van der Waals surface area contributed by atoms with Crippen molar-refractivity contribution in [2.75, 3.05) is 31.7 Å². The summed E-state index contributed by atoms with van der Waals surface area (Å²) in [4.78, 5) is 39.1. The van der Waals surface area contributed by atoms with Gasteiger partial charge in [0.05, 0.1) is 18.7 Å². The highest BCUT2D eigenvalue weighted by atomic mass is 32.1. The molecule has 1 aromatic heterocycles. The summed E-state index contributed by atoms with van der Waals surface area (Å²) in [6.07, 6.45) is 1.80. The molecule has 0 bridgehead atoms. The SMILES string of the molecule is CCOC(=O)c1c(NC(=O)C2=COCCO2)sc2c1CCN(C(C)=O)C2. The van der Waals surface area contributed by atoms with Crippen molar-refractivity contribution in [1.29, 1.82) is 0 Å². The largest absolute Gasteiger partial charge is 0.494 e. The molecule has 0 aliphatic carbocycles. The summed E-state index contributed by atoms with van der Waals surface area (Å²) in [5, 5.41) is 3.12. The molecule has 1 aromatic rings. The molecule has 0 saturated carbocycles. The molecule has 0 radical (unpaired) electrons. The number of nitrogens with one attached hydrogen (secondary N) is 1. The number of rotatable bonds is 4. The van der Waals surface area contributed by atoms with Crippen LogP contribution in [-0.2, 0) is 36.8 Å². The number of anilines is 1. The highest BCUT2D eigenvalue weighted by Gasteiger charge is 2.31. The minimum Gasteiger partial charge on any atom is -0.494 e. The topological polar surface area (TPSA) is 94.2 Å². The van der Waals surface area contributed by atoms with E-state index in [1.807, 2.05) is 0 Å². The van der Waals surface area contributed by atoms with Crippen molar-refractivity contribution in [3.63, 3.8) is 0 Å². The first kappa shape index (κ1) is 18.2. The Labute approximate surface area is 154 Å². The molecule has 3 rings (SSSR count). The van der Waals surface area contributed by atoms with Gasteiger partial charge in [-0.1, -0.05) is 0 Å². The molecule has 26 heavy (non-hydrogen) atoms. The lowest BCUT2D eigenvalue weighted by molar-refractivity contribution is -0.129. The summed E-state index contributed by atoms with van der Waals surface area (Å²) in [7, 11) is 0. The number of hydrogen-bond donors (Lipinski definition) is 1. The van der Waals surface area contributed by atoms with Gasteiger partial charge in [-0.15, -0.1) is 11.3 Å². The molecule has 140 valence electrons. The fourth-order valence-corrected chi connectivity index (χ4v) is 4.08. The number of nitrogens with zero attached hydrogens (tertiary/aromatic N) is 1. The van der Waals surface area contributed by atoms with Gasteiger partial charge >= 0.3 is 5.97 Å². The zero-order valence-corrected chi connectivity index (χ0v) is 15.4. The monoisotopic (exact) mass is 380 g/mol. The molecule has 2 amide bonds. The molecular formula is C17H20N2O6S. The van der Waals surface area contributed by atoms with E-state index in [1.54, 1.807) is 11.8 Å². The molecule has 0 fully saturated rings. The molecule has 0 saturated heterocycles. The maximum Gasteiger partial charge on any atom is 0.341 e. The minimum atomic E-state index is -0.489. The Kier molecular flexibility index (Phi) is 5.46. The number of hydrogen-bond acceptors (Lipinski definition) is 7. The van der Waals surface area contributed by atoms with Crippen molar-refractivity contribution in [3.8, 4) is 0 Å². The maximum atomic E-state index is 12.5. The van der Waals surface area contributed by atoms with Gasteiger partial charge in [-0.25, -0.2) is 4.79 Å². The number of carbonyl (C=O) groups excluding carboxylic acids is 3. The van der Waals surface area contributed by atoms with Crippen LogP contribution >= 0.6 is 11.3 Å². The second-order valence-electron chi connectivity index (χ2n) is 5.77. The van der Waals surface area contributed by atoms with Gasteiger partial charge < -0.3 is 24.4 Å². The molecule has 2 aliphatic rings. The van der Waals surface area contributed by atoms with Gasteiger partial charge in [0.25, 0.3) is 5.91 Å². The summed E-state index contributed by atoms with van der Waals surface area (Å²) < 4.78 is 15.5. The van der Waals surface area contributed by atoms with Crippen molar-refractivity contribution in [2.45, 2.75) is 26.8 Å². The number of carbonyl (C=O) groups is 3. The van der Waals surface area contributed by atoms with Gasteiger partial charge in [0.1, 0.15) is 24.5 Å². The third-order valence-electron chi connectivity index (χ3n) is 4.08. The Morgan fingerprint density at radius 3 is 2.81 bits per heavy atom. The fraction of sp³-hybridized carbons (Fsp3) is 0.471. The van der Waals surface area contributed by atoms with E-state index in [1.165, 1.54) is 24.5 Å². The van der Waals surface area contributed by atoms with Crippen molar-refractivity contribution in [3.05, 3.63) is 28.0 Å². The second-order valence-corrected chi connectivity index (χ2v) is 6.88. The Bertz CT molecular complexity index is 770. The van der Waals surface area contributed by atoms with E-state index in [-0.39, 0.29) is 18.3 Å². The van der Waals surface area contributed by atoms with Gasteiger partial charge in [-0.3, -0.25) is 9.59 Å². The Hall–Kier alpha value is -2.55. The Morgan fingerprint density at radius 1 is 1.35 bits per heavy atom. The van der Waals surface area contributed by atoms with Crippen molar-refractivity contribution < 1.29 is 28.6 Å². The standard InChI is InChI=1S/C17H20N2O6S/c1-3-24-17(22)14-11-4-5-19(10(2)20)8-13(11)26-16(14)18-15(21)12-9-23-6-7-25-12/h9H,3-8H2,1-2H3,(H,18,21). The molecule has 0 aromatic carbocycles. The summed E-state index contributed by atoms with van der Waals surface area (Å²) in [6, 6.07) is 0. The minimum absolute atomic E-state index is 0.0229. The highest BCUT2D eigenvalue weighted by molar-refractivity contribution is 7.17. The average molecular weight is 380 g/mol. The van der Waals surface area contributed by atoms with Crippen LogP contribution in [0.25, 0.3) is 0 Å². The predicted molar refractivity (Wildman–Crippen MR) is 93.7 cm³/mol. The summed E-state index contributed by atoms with van der Waals surface area (Å²) in [5.41, 5.74) is 1.19. The molecule has 1 N–H and O–H groups in total. The first-order valence-electron chi connectivity index (χ1n) is 8.34. The summed E-state index contributed by atoms with van der Waals surface area (Å²) in [5.74, 6) is -0.934. The van der Waals surface area contributed by atoms with Gasteiger partial charge in [0.15, 0.2) is 0 Å². The summed E-state index contributed by atoms with van der Waals surface area (Å²) in [6.45, 7) is 5.10. The van der Waals surface area contributed by atoms with E-state index in [0.29, 0.717) is 43.3 Å². The smallest absolute Gasteiger partial charge is 0.341 e. The van der Waals surface area contributed by atoms with Gasteiger partial charge in [0, 0.05) is 18.3 Å². The zero-order chi connectivity index (χ0) is 18.7. The molecule has 0 atom stereocenters. The van der Waals surface area contributed by atoms with E-state index in [2.05, 4.69) is 5.32 Å². The van der Waals surface area contributed by atoms with Crippen LogP contribution in [-0.4, -0.2) is 49.0 Å².